The van der Waals surface area contributed by atoms with Gasteiger partial charge in [-0.25, -0.2) is 13.4 Å². The van der Waals surface area contributed by atoms with Crippen LogP contribution in [0.15, 0.2) is 53.4 Å². The van der Waals surface area contributed by atoms with E-state index in [9.17, 15) is 13.2 Å². The van der Waals surface area contributed by atoms with Crippen LogP contribution in [0.2, 0.25) is 0 Å². The number of piperidine rings is 1. The number of carbonyl (C=O) groups is 1. The number of aromatic nitrogens is 2. The number of aromatic amines is 1. The van der Waals surface area contributed by atoms with Crippen LogP contribution in [0.3, 0.4) is 0 Å². The Kier molecular flexibility index (Phi) is 5.27. The monoisotopic (exact) mass is 454 g/mol. The zero-order valence-corrected chi connectivity index (χ0v) is 18.7. The van der Waals surface area contributed by atoms with Gasteiger partial charge < -0.3 is 15.0 Å². The van der Waals surface area contributed by atoms with Crippen molar-refractivity contribution in [3.63, 3.8) is 0 Å². The van der Waals surface area contributed by atoms with E-state index in [0.717, 1.165) is 16.9 Å². The van der Waals surface area contributed by atoms with Crippen molar-refractivity contribution in [1.82, 2.24) is 14.3 Å². The smallest absolute Gasteiger partial charge is 0.243 e. The number of nitrogens with one attached hydrogen (secondary N) is 2. The molecule has 5 rings (SSSR count). The predicted molar refractivity (Wildman–Crippen MR) is 121 cm³/mol. The summed E-state index contributed by atoms with van der Waals surface area (Å²) in [4.78, 5) is 20.6. The number of imidazole rings is 1. The van der Waals surface area contributed by atoms with Crippen LogP contribution in [0.4, 0.5) is 5.69 Å². The summed E-state index contributed by atoms with van der Waals surface area (Å²) in [6, 6.07) is 14.3. The number of rotatable bonds is 5. The topological polar surface area (TPSA) is 104 Å². The third kappa shape index (κ3) is 3.80. The molecule has 9 heteroatoms. The molecule has 2 aromatic carbocycles. The van der Waals surface area contributed by atoms with Gasteiger partial charge in [0.2, 0.25) is 15.9 Å². The average molecular weight is 455 g/mol. The molecular weight excluding hydrogens is 428 g/mol. The van der Waals surface area contributed by atoms with Crippen LogP contribution >= 0.6 is 0 Å². The van der Waals surface area contributed by atoms with Crippen LogP contribution in [0.25, 0.3) is 11.0 Å². The number of hydrogen-bond acceptors (Lipinski definition) is 5. The van der Waals surface area contributed by atoms with Gasteiger partial charge in [-0.05, 0) is 56.2 Å². The Morgan fingerprint density at radius 1 is 1.12 bits per heavy atom. The molecule has 2 N–H and O–H groups in total. The summed E-state index contributed by atoms with van der Waals surface area (Å²) in [6.07, 6.45) is 1.43. The number of fused-ring (bicyclic) bond motifs is 1. The van der Waals surface area contributed by atoms with Crippen molar-refractivity contribution < 1.29 is 17.9 Å². The van der Waals surface area contributed by atoms with Gasteiger partial charge in [-0.3, -0.25) is 4.79 Å². The van der Waals surface area contributed by atoms with Crippen molar-refractivity contribution in [3.05, 3.63) is 54.4 Å². The molecule has 32 heavy (non-hydrogen) atoms. The molecule has 168 valence electrons. The highest BCUT2D eigenvalue weighted by molar-refractivity contribution is 7.89. The van der Waals surface area contributed by atoms with Crippen molar-refractivity contribution in [2.75, 3.05) is 31.6 Å². The average Bonchev–Trinajstić information content (AvgIpc) is 3.22. The molecule has 0 radical (unpaired) electrons. The van der Waals surface area contributed by atoms with Gasteiger partial charge in [-0.15, -0.1) is 0 Å². The van der Waals surface area contributed by atoms with Crippen molar-refractivity contribution >= 4 is 32.7 Å². The van der Waals surface area contributed by atoms with Gasteiger partial charge in [0.15, 0.2) is 0 Å². The molecule has 0 spiro atoms. The second-order valence-electron chi connectivity index (χ2n) is 8.85. The third-order valence-electron chi connectivity index (χ3n) is 6.39. The molecule has 0 aliphatic carbocycles. The van der Waals surface area contributed by atoms with E-state index in [0.29, 0.717) is 44.8 Å². The van der Waals surface area contributed by atoms with Crippen molar-refractivity contribution in [2.45, 2.75) is 30.6 Å². The molecule has 3 heterocycles. The number of sulfonamides is 1. The number of amides is 1. The van der Waals surface area contributed by atoms with Crippen LogP contribution in [-0.4, -0.2) is 54.9 Å². The second-order valence-corrected chi connectivity index (χ2v) is 10.8. The van der Waals surface area contributed by atoms with Gasteiger partial charge in [0, 0.05) is 24.7 Å². The van der Waals surface area contributed by atoms with Gasteiger partial charge >= 0.3 is 0 Å². The summed E-state index contributed by atoms with van der Waals surface area (Å²) in [5.74, 6) is 1.02. The minimum atomic E-state index is -3.59. The van der Waals surface area contributed by atoms with E-state index < -0.39 is 15.4 Å². The van der Waals surface area contributed by atoms with Gasteiger partial charge in [0.25, 0.3) is 0 Å². The fourth-order valence-electron chi connectivity index (χ4n) is 4.22. The SMILES string of the molecule is CC1(C(=O)Nc2ccc(S(=O)(=O)N3CCC(c4nc5ccccc5[nH]4)CC3)cc2)COC1. The van der Waals surface area contributed by atoms with Gasteiger partial charge in [0.05, 0.1) is 34.6 Å². The maximum Gasteiger partial charge on any atom is 0.243 e. The first-order valence-electron chi connectivity index (χ1n) is 10.8. The van der Waals surface area contributed by atoms with E-state index >= 15 is 0 Å². The quantitative estimate of drug-likeness (QED) is 0.616. The van der Waals surface area contributed by atoms with Gasteiger partial charge in [-0.1, -0.05) is 12.1 Å². The first kappa shape index (κ1) is 21.1. The van der Waals surface area contributed by atoms with E-state index in [1.807, 2.05) is 31.2 Å². The molecule has 1 aromatic heterocycles. The fraction of sp³-hybridized carbons (Fsp3) is 0.391. The van der Waals surface area contributed by atoms with Crippen molar-refractivity contribution in [1.29, 1.82) is 0 Å². The summed E-state index contributed by atoms with van der Waals surface area (Å²) in [6.45, 7) is 3.53. The van der Waals surface area contributed by atoms with E-state index in [4.69, 9.17) is 4.74 Å². The summed E-state index contributed by atoms with van der Waals surface area (Å²) < 4.78 is 32.9. The van der Waals surface area contributed by atoms with Crippen LogP contribution in [0.5, 0.6) is 0 Å². The first-order chi connectivity index (χ1) is 15.3. The van der Waals surface area contributed by atoms with Crippen LogP contribution < -0.4 is 5.32 Å². The summed E-state index contributed by atoms with van der Waals surface area (Å²) >= 11 is 0. The number of para-hydroxylation sites is 2. The second kappa shape index (κ2) is 7.99. The van der Waals surface area contributed by atoms with E-state index in [1.54, 1.807) is 24.3 Å². The molecule has 8 nitrogen and oxygen atoms in total. The minimum absolute atomic E-state index is 0.119. The third-order valence-corrected chi connectivity index (χ3v) is 8.30. The fourth-order valence-corrected chi connectivity index (χ4v) is 5.69. The zero-order valence-electron chi connectivity index (χ0n) is 17.9. The lowest BCUT2D eigenvalue weighted by Gasteiger charge is -2.36. The lowest BCUT2D eigenvalue weighted by molar-refractivity contribution is -0.151. The number of hydrogen-bond donors (Lipinski definition) is 2. The lowest BCUT2D eigenvalue weighted by atomic mass is 9.87. The molecule has 2 aliphatic rings. The van der Waals surface area contributed by atoms with Crippen molar-refractivity contribution in [2.24, 2.45) is 5.41 Å². The molecule has 0 bridgehead atoms. The Balaban J connectivity index is 1.23. The molecule has 0 saturated carbocycles. The Morgan fingerprint density at radius 2 is 1.81 bits per heavy atom. The number of ether oxygens (including phenoxy) is 1. The maximum atomic E-state index is 13.1. The Morgan fingerprint density at radius 3 is 2.44 bits per heavy atom. The van der Waals surface area contributed by atoms with E-state index in [2.05, 4.69) is 15.3 Å². The Hall–Kier alpha value is -2.75. The number of anilines is 1. The van der Waals surface area contributed by atoms with E-state index in [1.165, 1.54) is 4.31 Å². The van der Waals surface area contributed by atoms with Gasteiger partial charge in [0.1, 0.15) is 5.82 Å². The summed E-state index contributed by atoms with van der Waals surface area (Å²) in [7, 11) is -3.59. The molecule has 1 amide bonds. The molecule has 0 atom stereocenters. The molecular formula is C23H26N4O4S. The molecule has 2 aliphatic heterocycles. The standard InChI is InChI=1S/C23H26N4O4S/c1-23(14-31-15-23)22(28)24-17-6-8-18(9-7-17)32(29,30)27-12-10-16(11-13-27)21-25-19-4-2-3-5-20(19)26-21/h2-9,16H,10-15H2,1H3,(H,24,28)(H,25,26). The molecule has 2 saturated heterocycles. The summed E-state index contributed by atoms with van der Waals surface area (Å²) in [5.41, 5.74) is 1.99. The highest BCUT2D eigenvalue weighted by atomic mass is 32.2. The van der Waals surface area contributed by atoms with Gasteiger partial charge in [-0.2, -0.15) is 4.31 Å². The normalized spacial score (nSPS) is 19.5. The number of benzene rings is 2. The lowest BCUT2D eigenvalue weighted by Crippen LogP contribution is -2.49. The molecule has 3 aromatic rings. The van der Waals surface area contributed by atoms with E-state index in [-0.39, 0.29) is 16.7 Å². The molecule has 0 unspecified atom stereocenters. The predicted octanol–water partition coefficient (Wildman–Crippen LogP) is 3.11. The highest BCUT2D eigenvalue weighted by Gasteiger charge is 2.41. The van der Waals surface area contributed by atoms with Crippen LogP contribution in [0, 0.1) is 5.41 Å². The summed E-state index contributed by atoms with van der Waals surface area (Å²) in [5, 5.41) is 2.84. The molecule has 2 fully saturated rings. The first-order valence-corrected chi connectivity index (χ1v) is 12.2. The van der Waals surface area contributed by atoms with Crippen LogP contribution in [0.1, 0.15) is 31.5 Å². The largest absolute Gasteiger partial charge is 0.379 e. The Bertz CT molecular complexity index is 1210. The maximum absolute atomic E-state index is 13.1. The van der Waals surface area contributed by atoms with Crippen LogP contribution in [-0.2, 0) is 19.6 Å². The Labute approximate surface area is 187 Å². The number of H-pyrrole nitrogens is 1. The number of carbonyl (C=O) groups excluding carboxylic acids is 1. The zero-order chi connectivity index (χ0) is 22.3. The highest BCUT2D eigenvalue weighted by Crippen LogP contribution is 2.31. The van der Waals surface area contributed by atoms with Crippen molar-refractivity contribution in [3.8, 4) is 0 Å². The number of nitrogens with zero attached hydrogens (tertiary/aromatic N) is 2. The minimum Gasteiger partial charge on any atom is -0.379 e.